The average Bonchev–Trinajstić information content (AvgIpc) is 2.90. The van der Waals surface area contributed by atoms with Crippen molar-refractivity contribution in [3.8, 4) is 11.5 Å². The number of hydrogen-bond acceptors (Lipinski definition) is 4. The van der Waals surface area contributed by atoms with E-state index in [9.17, 15) is 5.11 Å². The number of phenols is 1. The molecule has 1 aliphatic rings. The van der Waals surface area contributed by atoms with Gasteiger partial charge in [0, 0.05) is 31.4 Å². The number of hydrogen-bond donors (Lipinski definition) is 2. The average molecular weight is 485 g/mol. The van der Waals surface area contributed by atoms with Gasteiger partial charge in [-0.05, 0) is 97.5 Å². The van der Waals surface area contributed by atoms with Crippen LogP contribution >= 0.6 is 0 Å². The molecular formula is C32H40N2O2. The van der Waals surface area contributed by atoms with Crippen LogP contribution in [0.1, 0.15) is 46.6 Å². The van der Waals surface area contributed by atoms with Crippen molar-refractivity contribution in [3.05, 3.63) is 101 Å². The zero-order valence-electron chi connectivity index (χ0n) is 21.8. The van der Waals surface area contributed by atoms with E-state index in [0.717, 1.165) is 63.9 Å². The van der Waals surface area contributed by atoms with Gasteiger partial charge >= 0.3 is 0 Å². The van der Waals surface area contributed by atoms with Crippen molar-refractivity contribution >= 4 is 5.69 Å². The summed E-state index contributed by atoms with van der Waals surface area (Å²) < 4.78 is 5.53. The number of likely N-dealkylation sites (N-methyl/N-ethyl adjacent to an activating group) is 1. The molecule has 4 rings (SSSR count). The van der Waals surface area contributed by atoms with E-state index in [1.165, 1.54) is 33.5 Å². The maximum Gasteiger partial charge on any atom is 0.120 e. The molecule has 0 fully saturated rings. The molecule has 0 aromatic heterocycles. The summed E-state index contributed by atoms with van der Waals surface area (Å²) in [5.41, 5.74) is 7.95. The molecule has 0 radical (unpaired) electrons. The summed E-state index contributed by atoms with van der Waals surface area (Å²) >= 11 is 0. The van der Waals surface area contributed by atoms with E-state index in [4.69, 9.17) is 4.74 Å². The molecule has 3 aromatic rings. The van der Waals surface area contributed by atoms with Gasteiger partial charge in [0.15, 0.2) is 0 Å². The minimum Gasteiger partial charge on any atom is -0.508 e. The zero-order valence-corrected chi connectivity index (χ0v) is 21.8. The molecule has 1 unspecified atom stereocenters. The second kappa shape index (κ2) is 12.6. The number of fused-ring (bicyclic) bond motifs is 1. The summed E-state index contributed by atoms with van der Waals surface area (Å²) in [5, 5.41) is 13.5. The van der Waals surface area contributed by atoms with Gasteiger partial charge in [-0.1, -0.05) is 42.5 Å². The highest BCUT2D eigenvalue weighted by atomic mass is 16.5. The highest BCUT2D eigenvalue weighted by molar-refractivity contribution is 5.57. The first-order chi connectivity index (χ1) is 17.6. The highest BCUT2D eigenvalue weighted by Crippen LogP contribution is 2.38. The quantitative estimate of drug-likeness (QED) is 0.231. The zero-order chi connectivity index (χ0) is 25.3. The van der Waals surface area contributed by atoms with Gasteiger partial charge in [0.1, 0.15) is 11.5 Å². The van der Waals surface area contributed by atoms with Crippen LogP contribution in [0.15, 0.2) is 73.3 Å². The van der Waals surface area contributed by atoms with Crippen LogP contribution in [0.4, 0.5) is 5.69 Å². The van der Waals surface area contributed by atoms with Crippen molar-refractivity contribution in [3.63, 3.8) is 0 Å². The molecular weight excluding hydrogens is 444 g/mol. The first-order valence-corrected chi connectivity index (χ1v) is 13.2. The van der Waals surface area contributed by atoms with E-state index in [0.29, 0.717) is 11.7 Å². The second-order valence-electron chi connectivity index (χ2n) is 9.99. The summed E-state index contributed by atoms with van der Waals surface area (Å²) in [4.78, 5) is 2.29. The van der Waals surface area contributed by atoms with Crippen LogP contribution in [0.5, 0.6) is 11.5 Å². The van der Waals surface area contributed by atoms with Crippen molar-refractivity contribution in [1.82, 2.24) is 4.90 Å². The van der Waals surface area contributed by atoms with Gasteiger partial charge in [0.05, 0.1) is 7.11 Å². The van der Waals surface area contributed by atoms with Gasteiger partial charge in [-0.25, -0.2) is 0 Å². The molecule has 36 heavy (non-hydrogen) atoms. The molecule has 0 saturated carbocycles. The van der Waals surface area contributed by atoms with Gasteiger partial charge < -0.3 is 20.1 Å². The lowest BCUT2D eigenvalue weighted by Gasteiger charge is -2.27. The van der Waals surface area contributed by atoms with Gasteiger partial charge in [0.2, 0.25) is 0 Å². The van der Waals surface area contributed by atoms with Crippen LogP contribution < -0.4 is 10.1 Å². The predicted molar refractivity (Wildman–Crippen MR) is 151 cm³/mol. The van der Waals surface area contributed by atoms with E-state index in [2.05, 4.69) is 72.4 Å². The van der Waals surface area contributed by atoms with Crippen molar-refractivity contribution < 1.29 is 9.84 Å². The first kappa shape index (κ1) is 25.8. The molecule has 190 valence electrons. The lowest BCUT2D eigenvalue weighted by molar-refractivity contribution is 0.375. The molecule has 0 bridgehead atoms. The highest BCUT2D eigenvalue weighted by Gasteiger charge is 2.23. The molecule has 0 spiro atoms. The minimum atomic E-state index is 0.366. The Hall–Kier alpha value is -3.24. The molecule has 0 heterocycles. The molecule has 4 heteroatoms. The molecule has 1 atom stereocenters. The second-order valence-corrected chi connectivity index (χ2v) is 9.99. The minimum absolute atomic E-state index is 0.366. The smallest absolute Gasteiger partial charge is 0.120 e. The van der Waals surface area contributed by atoms with Gasteiger partial charge in [-0.2, -0.15) is 0 Å². The number of anilines is 1. The molecule has 0 aliphatic heterocycles. The van der Waals surface area contributed by atoms with E-state index < -0.39 is 0 Å². The Morgan fingerprint density at radius 3 is 2.56 bits per heavy atom. The van der Waals surface area contributed by atoms with Crippen molar-refractivity contribution in [2.45, 2.75) is 44.4 Å². The summed E-state index contributed by atoms with van der Waals surface area (Å²) in [6.07, 6.45) is 8.25. The van der Waals surface area contributed by atoms with Crippen LogP contribution in [0, 0.1) is 0 Å². The predicted octanol–water partition coefficient (Wildman–Crippen LogP) is 6.38. The largest absolute Gasteiger partial charge is 0.508 e. The Balaban J connectivity index is 1.32. The van der Waals surface area contributed by atoms with Gasteiger partial charge in [-0.3, -0.25) is 0 Å². The summed E-state index contributed by atoms with van der Waals surface area (Å²) in [7, 11) is 3.86. The number of aromatic hydroxyl groups is 1. The number of nitrogens with zero attached hydrogens (tertiary/aromatic N) is 1. The Morgan fingerprint density at radius 2 is 1.81 bits per heavy atom. The Bertz CT molecular complexity index is 1140. The van der Waals surface area contributed by atoms with Crippen LogP contribution in [0.2, 0.25) is 0 Å². The number of aryl methyl sites for hydroxylation is 2. The molecule has 4 nitrogen and oxygen atoms in total. The van der Waals surface area contributed by atoms with Crippen LogP contribution in [0.3, 0.4) is 0 Å². The van der Waals surface area contributed by atoms with E-state index >= 15 is 0 Å². The lowest BCUT2D eigenvalue weighted by atomic mass is 9.79. The summed E-state index contributed by atoms with van der Waals surface area (Å²) in [5.74, 6) is 1.72. The molecule has 3 aromatic carbocycles. The van der Waals surface area contributed by atoms with Crippen molar-refractivity contribution in [2.75, 3.05) is 39.1 Å². The molecule has 2 N–H and O–H groups in total. The number of benzene rings is 3. The Labute approximate surface area is 216 Å². The number of ether oxygens (including phenoxy) is 1. The standard InChI is InChI=1S/C32H40N2O2/c1-4-19-34(2)20-17-25-9-7-24(8-10-25)6-5-18-33-32-23-30(36-3)15-16-31(32)28-12-11-27-22-29(35)14-13-26(27)21-28/h4,7-10,13-16,22-23,28,33,35H,1,5-6,11-12,17-21H2,2-3H3. The van der Waals surface area contributed by atoms with Crippen LogP contribution in [0.25, 0.3) is 0 Å². The maximum atomic E-state index is 9.82. The van der Waals surface area contributed by atoms with Gasteiger partial charge in [0.25, 0.3) is 0 Å². The monoisotopic (exact) mass is 484 g/mol. The summed E-state index contributed by atoms with van der Waals surface area (Å²) in [6, 6.07) is 21.3. The van der Waals surface area contributed by atoms with E-state index in [-0.39, 0.29) is 0 Å². The fourth-order valence-electron chi connectivity index (χ4n) is 5.20. The third-order valence-electron chi connectivity index (χ3n) is 7.32. The summed E-state index contributed by atoms with van der Waals surface area (Å²) in [6.45, 7) is 6.71. The number of phenolic OH excluding ortho intramolecular Hbond substituents is 1. The SMILES string of the molecule is C=CCN(C)CCc1ccc(CCCNc2cc(OC)ccc2C2CCc3cc(O)ccc3C2)cc1. The van der Waals surface area contributed by atoms with Crippen LogP contribution in [-0.4, -0.2) is 43.8 Å². The third-order valence-corrected chi connectivity index (χ3v) is 7.32. The van der Waals surface area contributed by atoms with E-state index in [1.54, 1.807) is 7.11 Å². The number of nitrogens with one attached hydrogen (secondary N) is 1. The fraction of sp³-hybridized carbons (Fsp3) is 0.375. The first-order valence-electron chi connectivity index (χ1n) is 13.2. The number of rotatable bonds is 12. The maximum absolute atomic E-state index is 9.82. The van der Waals surface area contributed by atoms with Crippen LogP contribution in [-0.2, 0) is 25.7 Å². The molecule has 0 amide bonds. The lowest BCUT2D eigenvalue weighted by Crippen LogP contribution is -2.20. The van der Waals surface area contributed by atoms with E-state index in [1.807, 2.05) is 18.2 Å². The van der Waals surface area contributed by atoms with Crippen molar-refractivity contribution in [1.29, 1.82) is 0 Å². The molecule has 0 saturated heterocycles. The van der Waals surface area contributed by atoms with Crippen molar-refractivity contribution in [2.24, 2.45) is 0 Å². The Kier molecular flexibility index (Phi) is 9.07. The third kappa shape index (κ3) is 6.92. The number of methoxy groups -OCH3 is 1. The topological polar surface area (TPSA) is 44.7 Å². The fourth-order valence-corrected chi connectivity index (χ4v) is 5.20. The molecule has 1 aliphatic carbocycles. The Morgan fingerprint density at radius 1 is 1.03 bits per heavy atom. The normalized spacial score (nSPS) is 14.9. The van der Waals surface area contributed by atoms with Gasteiger partial charge in [-0.15, -0.1) is 6.58 Å².